The van der Waals surface area contributed by atoms with Crippen LogP contribution >= 0.6 is 0 Å². The number of nitrogens with zero attached hydrogens (tertiary/aromatic N) is 2. The Kier molecular flexibility index (Phi) is 3.25. The Labute approximate surface area is 95.9 Å². The number of rotatable bonds is 4. The van der Waals surface area contributed by atoms with Gasteiger partial charge >= 0.3 is 0 Å². The zero-order valence-corrected chi connectivity index (χ0v) is 9.56. The fourth-order valence-electron chi connectivity index (χ4n) is 1.63. The molecule has 0 aliphatic rings. The van der Waals surface area contributed by atoms with Crippen LogP contribution in [-0.4, -0.2) is 9.78 Å². The van der Waals surface area contributed by atoms with Crippen molar-refractivity contribution in [3.8, 4) is 11.1 Å². The van der Waals surface area contributed by atoms with E-state index in [-0.39, 0.29) is 0 Å². The second kappa shape index (κ2) is 4.84. The monoisotopic (exact) mass is 215 g/mol. The smallest absolute Gasteiger partial charge is 0.0568 e. The van der Waals surface area contributed by atoms with Crippen LogP contribution in [0.25, 0.3) is 11.1 Å². The highest BCUT2D eigenvalue weighted by atomic mass is 15.3. The van der Waals surface area contributed by atoms with Gasteiger partial charge in [0, 0.05) is 24.0 Å². The third-order valence-corrected chi connectivity index (χ3v) is 2.62. The molecule has 2 N–H and O–H groups in total. The van der Waals surface area contributed by atoms with Crippen molar-refractivity contribution in [3.63, 3.8) is 0 Å². The number of aromatic nitrogens is 2. The Balaban J connectivity index is 2.15. The van der Waals surface area contributed by atoms with Gasteiger partial charge in [-0.05, 0) is 24.1 Å². The largest absolute Gasteiger partial charge is 0.399 e. The predicted octanol–water partition coefficient (Wildman–Crippen LogP) is 2.93. The summed E-state index contributed by atoms with van der Waals surface area (Å²) < 4.78 is 2.00. The lowest BCUT2D eigenvalue weighted by Gasteiger charge is -1.99. The standard InChI is InChI=1S/C13H17N3/c1-2-3-8-16-10-12(9-15-16)11-4-6-13(14)7-5-11/h4-7,9-10H,2-3,8,14H2,1H3. The minimum Gasteiger partial charge on any atom is -0.399 e. The molecule has 0 aliphatic carbocycles. The normalized spacial score (nSPS) is 10.6. The summed E-state index contributed by atoms with van der Waals surface area (Å²) in [4.78, 5) is 0. The van der Waals surface area contributed by atoms with Gasteiger partial charge in [0.2, 0.25) is 0 Å². The Morgan fingerprint density at radius 3 is 2.62 bits per heavy atom. The molecule has 0 aliphatic heterocycles. The van der Waals surface area contributed by atoms with Gasteiger partial charge in [0.1, 0.15) is 0 Å². The average Bonchev–Trinajstić information content (AvgIpc) is 2.76. The van der Waals surface area contributed by atoms with Crippen molar-refractivity contribution in [2.75, 3.05) is 5.73 Å². The first kappa shape index (κ1) is 10.7. The van der Waals surface area contributed by atoms with E-state index in [0.29, 0.717) is 0 Å². The maximum atomic E-state index is 5.65. The van der Waals surface area contributed by atoms with Crippen LogP contribution in [0.15, 0.2) is 36.7 Å². The molecule has 0 unspecified atom stereocenters. The summed E-state index contributed by atoms with van der Waals surface area (Å²) in [5.74, 6) is 0. The second-order valence-electron chi connectivity index (χ2n) is 3.97. The zero-order chi connectivity index (χ0) is 11.4. The van der Waals surface area contributed by atoms with E-state index >= 15 is 0 Å². The summed E-state index contributed by atoms with van der Waals surface area (Å²) in [7, 11) is 0. The van der Waals surface area contributed by atoms with Crippen LogP contribution in [0.5, 0.6) is 0 Å². The number of hydrogen-bond donors (Lipinski definition) is 1. The summed E-state index contributed by atoms with van der Waals surface area (Å²) >= 11 is 0. The van der Waals surface area contributed by atoms with Gasteiger partial charge in [-0.3, -0.25) is 4.68 Å². The van der Waals surface area contributed by atoms with Crippen molar-refractivity contribution in [2.45, 2.75) is 26.3 Å². The van der Waals surface area contributed by atoms with Gasteiger partial charge in [0.25, 0.3) is 0 Å². The number of aryl methyl sites for hydroxylation is 1. The van der Waals surface area contributed by atoms with Crippen LogP contribution in [0.4, 0.5) is 5.69 Å². The van der Waals surface area contributed by atoms with Crippen LogP contribution in [-0.2, 0) is 6.54 Å². The van der Waals surface area contributed by atoms with E-state index in [2.05, 4.69) is 18.2 Å². The van der Waals surface area contributed by atoms with Crippen LogP contribution < -0.4 is 5.73 Å². The molecular weight excluding hydrogens is 198 g/mol. The summed E-state index contributed by atoms with van der Waals surface area (Å²) in [6.07, 6.45) is 6.35. The molecule has 3 heteroatoms. The summed E-state index contributed by atoms with van der Waals surface area (Å²) in [6.45, 7) is 3.18. The van der Waals surface area contributed by atoms with E-state index in [1.54, 1.807) is 0 Å². The van der Waals surface area contributed by atoms with E-state index < -0.39 is 0 Å². The molecule has 0 bridgehead atoms. The van der Waals surface area contributed by atoms with Crippen molar-refractivity contribution < 1.29 is 0 Å². The minimum absolute atomic E-state index is 0.794. The molecule has 3 nitrogen and oxygen atoms in total. The Morgan fingerprint density at radius 2 is 1.94 bits per heavy atom. The molecule has 1 aromatic heterocycles. The number of nitrogen functional groups attached to an aromatic ring is 1. The molecule has 2 rings (SSSR count). The molecule has 0 radical (unpaired) electrons. The summed E-state index contributed by atoms with van der Waals surface area (Å²) in [5.41, 5.74) is 8.76. The van der Waals surface area contributed by atoms with Crippen LogP contribution in [0.2, 0.25) is 0 Å². The maximum absolute atomic E-state index is 5.65. The zero-order valence-electron chi connectivity index (χ0n) is 9.56. The molecule has 0 atom stereocenters. The molecule has 0 saturated heterocycles. The van der Waals surface area contributed by atoms with Crippen LogP contribution in [0.3, 0.4) is 0 Å². The van der Waals surface area contributed by atoms with E-state index in [9.17, 15) is 0 Å². The third-order valence-electron chi connectivity index (χ3n) is 2.62. The van der Waals surface area contributed by atoms with Crippen molar-refractivity contribution in [1.82, 2.24) is 9.78 Å². The number of benzene rings is 1. The van der Waals surface area contributed by atoms with Crippen molar-refractivity contribution >= 4 is 5.69 Å². The first-order valence-electron chi connectivity index (χ1n) is 5.68. The van der Waals surface area contributed by atoms with Gasteiger partial charge in [-0.1, -0.05) is 25.5 Å². The topological polar surface area (TPSA) is 43.8 Å². The van der Waals surface area contributed by atoms with Gasteiger partial charge < -0.3 is 5.73 Å². The molecule has 0 saturated carbocycles. The second-order valence-corrected chi connectivity index (χ2v) is 3.97. The van der Waals surface area contributed by atoms with E-state index in [1.807, 2.05) is 35.1 Å². The lowest BCUT2D eigenvalue weighted by Crippen LogP contribution is -1.96. The summed E-state index contributed by atoms with van der Waals surface area (Å²) in [5, 5.41) is 4.34. The van der Waals surface area contributed by atoms with Gasteiger partial charge in [0.05, 0.1) is 6.20 Å². The Hall–Kier alpha value is -1.77. The van der Waals surface area contributed by atoms with E-state index in [0.717, 1.165) is 23.4 Å². The number of unbranched alkanes of at least 4 members (excludes halogenated alkanes) is 1. The molecule has 84 valence electrons. The highest BCUT2D eigenvalue weighted by Crippen LogP contribution is 2.19. The van der Waals surface area contributed by atoms with Gasteiger partial charge in [-0.15, -0.1) is 0 Å². The fraction of sp³-hybridized carbons (Fsp3) is 0.308. The van der Waals surface area contributed by atoms with Gasteiger partial charge in [0.15, 0.2) is 0 Å². The molecule has 1 aromatic carbocycles. The van der Waals surface area contributed by atoms with Crippen molar-refractivity contribution in [1.29, 1.82) is 0 Å². The van der Waals surface area contributed by atoms with Gasteiger partial charge in [-0.2, -0.15) is 5.10 Å². The third kappa shape index (κ3) is 2.42. The highest BCUT2D eigenvalue weighted by molar-refractivity contribution is 5.63. The quantitative estimate of drug-likeness (QED) is 0.797. The van der Waals surface area contributed by atoms with Crippen LogP contribution in [0, 0.1) is 0 Å². The number of nitrogens with two attached hydrogens (primary N) is 1. The molecule has 2 aromatic rings. The average molecular weight is 215 g/mol. The number of hydrogen-bond acceptors (Lipinski definition) is 2. The Bertz CT molecular complexity index is 442. The lowest BCUT2D eigenvalue weighted by molar-refractivity contribution is 0.572. The minimum atomic E-state index is 0.794. The molecule has 0 amide bonds. The highest BCUT2D eigenvalue weighted by Gasteiger charge is 2.00. The molecule has 0 spiro atoms. The summed E-state index contributed by atoms with van der Waals surface area (Å²) in [6, 6.07) is 7.88. The first-order valence-corrected chi connectivity index (χ1v) is 5.68. The molecule has 1 heterocycles. The molecule has 16 heavy (non-hydrogen) atoms. The predicted molar refractivity (Wildman–Crippen MR) is 67.0 cm³/mol. The molecule has 0 fully saturated rings. The van der Waals surface area contributed by atoms with E-state index in [4.69, 9.17) is 5.73 Å². The fourth-order valence-corrected chi connectivity index (χ4v) is 1.63. The lowest BCUT2D eigenvalue weighted by atomic mass is 10.1. The van der Waals surface area contributed by atoms with E-state index in [1.165, 1.54) is 12.8 Å². The number of anilines is 1. The van der Waals surface area contributed by atoms with Crippen molar-refractivity contribution in [2.24, 2.45) is 0 Å². The Morgan fingerprint density at radius 1 is 1.19 bits per heavy atom. The maximum Gasteiger partial charge on any atom is 0.0568 e. The first-order chi connectivity index (χ1) is 7.79. The van der Waals surface area contributed by atoms with Crippen LogP contribution in [0.1, 0.15) is 19.8 Å². The van der Waals surface area contributed by atoms with Crippen molar-refractivity contribution in [3.05, 3.63) is 36.7 Å². The SMILES string of the molecule is CCCCn1cc(-c2ccc(N)cc2)cn1. The van der Waals surface area contributed by atoms with Gasteiger partial charge in [-0.25, -0.2) is 0 Å². The molecular formula is C13H17N3.